The van der Waals surface area contributed by atoms with Crippen LogP contribution in [-0.2, 0) is 14.3 Å². The van der Waals surface area contributed by atoms with E-state index in [4.69, 9.17) is 14.7 Å². The molecule has 1 heterocycles. The molecule has 1 amide bonds. The van der Waals surface area contributed by atoms with Crippen molar-refractivity contribution in [2.75, 3.05) is 5.32 Å². The smallest absolute Gasteiger partial charge is 0.347 e. The zero-order valence-corrected chi connectivity index (χ0v) is 14.3. The number of anilines is 1. The Kier molecular flexibility index (Phi) is 6.08. The summed E-state index contributed by atoms with van der Waals surface area (Å²) >= 11 is 1.20. The molecule has 0 saturated carbocycles. The molecule has 0 saturated heterocycles. The summed E-state index contributed by atoms with van der Waals surface area (Å²) < 4.78 is 23.2. The van der Waals surface area contributed by atoms with E-state index in [0.29, 0.717) is 16.3 Å². The van der Waals surface area contributed by atoms with Gasteiger partial charge in [-0.25, -0.2) is 9.18 Å². The number of hydrogen-bond donors (Lipinski definition) is 1. The molecule has 1 aromatic heterocycles. The van der Waals surface area contributed by atoms with Crippen molar-refractivity contribution in [3.8, 4) is 11.8 Å². The molecule has 0 unspecified atom stereocenters. The molecule has 0 aliphatic carbocycles. The van der Waals surface area contributed by atoms with Crippen molar-refractivity contribution >= 4 is 28.2 Å². The van der Waals surface area contributed by atoms with Crippen LogP contribution in [0.4, 0.5) is 9.39 Å². The van der Waals surface area contributed by atoms with E-state index in [-0.39, 0.29) is 0 Å². The highest BCUT2D eigenvalue weighted by Crippen LogP contribution is 2.22. The first-order chi connectivity index (χ1) is 11.9. The average Bonchev–Trinajstić information content (AvgIpc) is 3.03. The second kappa shape index (κ2) is 8.26. The summed E-state index contributed by atoms with van der Waals surface area (Å²) in [5.74, 6) is -1.40. The van der Waals surface area contributed by atoms with Crippen molar-refractivity contribution in [3.05, 3.63) is 47.1 Å². The molecule has 0 aliphatic rings. The third-order valence-corrected chi connectivity index (χ3v) is 3.97. The number of benzene rings is 1. The number of carbonyl (C=O) groups excluding carboxylic acids is 2. The van der Waals surface area contributed by atoms with Crippen LogP contribution in [-0.4, -0.2) is 24.1 Å². The first kappa shape index (κ1) is 18.4. The Labute approximate surface area is 147 Å². The van der Waals surface area contributed by atoms with Gasteiger partial charge < -0.3 is 14.8 Å². The van der Waals surface area contributed by atoms with Gasteiger partial charge in [0.15, 0.2) is 12.2 Å². The van der Waals surface area contributed by atoms with Gasteiger partial charge in [0.2, 0.25) is 0 Å². The fourth-order valence-electron chi connectivity index (χ4n) is 1.80. The number of nitrogens with one attached hydrogen (secondary N) is 1. The van der Waals surface area contributed by atoms with E-state index >= 15 is 0 Å². The highest BCUT2D eigenvalue weighted by Gasteiger charge is 2.24. The molecule has 0 fully saturated rings. The van der Waals surface area contributed by atoms with Crippen LogP contribution in [0.1, 0.15) is 19.4 Å². The van der Waals surface area contributed by atoms with Crippen LogP contribution in [0.3, 0.4) is 0 Å². The van der Waals surface area contributed by atoms with Crippen LogP contribution in [0, 0.1) is 17.1 Å². The summed E-state index contributed by atoms with van der Waals surface area (Å²) in [6, 6.07) is 8.71. The zero-order chi connectivity index (χ0) is 18.4. The molecule has 1 N–H and O–H groups in total. The maximum Gasteiger partial charge on any atom is 0.347 e. The lowest BCUT2D eigenvalue weighted by molar-refractivity contribution is -0.159. The van der Waals surface area contributed by atoms with Gasteiger partial charge >= 0.3 is 5.97 Å². The molecular formula is C17H15FN2O4S. The number of rotatable bonds is 6. The lowest BCUT2D eigenvalue weighted by Crippen LogP contribution is -2.35. The molecule has 8 heteroatoms. The van der Waals surface area contributed by atoms with Gasteiger partial charge in [-0.1, -0.05) is 0 Å². The Morgan fingerprint density at radius 1 is 1.20 bits per heavy atom. The Morgan fingerprint density at radius 2 is 1.88 bits per heavy atom. The Morgan fingerprint density at radius 3 is 2.52 bits per heavy atom. The van der Waals surface area contributed by atoms with Crippen molar-refractivity contribution in [2.45, 2.75) is 26.1 Å². The van der Waals surface area contributed by atoms with Gasteiger partial charge in [-0.3, -0.25) is 4.79 Å². The highest BCUT2D eigenvalue weighted by atomic mass is 32.1. The lowest BCUT2D eigenvalue weighted by Gasteiger charge is -2.17. The highest BCUT2D eigenvalue weighted by molar-refractivity contribution is 7.14. The van der Waals surface area contributed by atoms with Gasteiger partial charge in [-0.15, -0.1) is 11.3 Å². The SMILES string of the molecule is C[C@H](OC(=O)[C@H](C)Oc1ccc(F)cc1)C(=O)Nc1sccc1C#N. The topological polar surface area (TPSA) is 88.4 Å². The number of hydrogen-bond acceptors (Lipinski definition) is 6. The molecule has 2 atom stereocenters. The van der Waals surface area contributed by atoms with Crippen LogP contribution in [0.5, 0.6) is 5.75 Å². The molecule has 0 spiro atoms. The summed E-state index contributed by atoms with van der Waals surface area (Å²) in [4.78, 5) is 24.1. The number of nitrogens with zero attached hydrogens (tertiary/aromatic N) is 1. The minimum atomic E-state index is -1.07. The molecule has 25 heavy (non-hydrogen) atoms. The van der Waals surface area contributed by atoms with Crippen LogP contribution >= 0.6 is 11.3 Å². The van der Waals surface area contributed by atoms with Gasteiger partial charge in [0.25, 0.3) is 5.91 Å². The predicted octanol–water partition coefficient (Wildman–Crippen LogP) is 3.10. The van der Waals surface area contributed by atoms with E-state index in [0.717, 1.165) is 0 Å². The summed E-state index contributed by atoms with van der Waals surface area (Å²) in [6.07, 6.45) is -2.04. The van der Waals surface area contributed by atoms with Crippen LogP contribution in [0.25, 0.3) is 0 Å². The summed E-state index contributed by atoms with van der Waals surface area (Å²) in [7, 11) is 0. The Bertz CT molecular complexity index is 798. The van der Waals surface area contributed by atoms with E-state index in [9.17, 15) is 14.0 Å². The maximum absolute atomic E-state index is 12.8. The van der Waals surface area contributed by atoms with E-state index in [2.05, 4.69) is 5.32 Å². The number of esters is 1. The van der Waals surface area contributed by atoms with Gasteiger partial charge in [0.1, 0.15) is 22.6 Å². The van der Waals surface area contributed by atoms with Crippen LogP contribution < -0.4 is 10.1 Å². The predicted molar refractivity (Wildman–Crippen MR) is 89.7 cm³/mol. The van der Waals surface area contributed by atoms with Crippen molar-refractivity contribution in [1.29, 1.82) is 5.26 Å². The van der Waals surface area contributed by atoms with Crippen molar-refractivity contribution < 1.29 is 23.5 Å². The number of thiophene rings is 1. The summed E-state index contributed by atoms with van der Waals surface area (Å²) in [5.41, 5.74) is 0.338. The Balaban J connectivity index is 1.89. The maximum atomic E-state index is 12.8. The van der Waals surface area contributed by atoms with Crippen molar-refractivity contribution in [1.82, 2.24) is 0 Å². The monoisotopic (exact) mass is 362 g/mol. The van der Waals surface area contributed by atoms with Gasteiger partial charge in [0.05, 0.1) is 5.56 Å². The fourth-order valence-corrected chi connectivity index (χ4v) is 2.54. The molecule has 0 radical (unpaired) electrons. The molecule has 0 bridgehead atoms. The van der Waals surface area contributed by atoms with E-state index in [1.807, 2.05) is 6.07 Å². The number of nitriles is 1. The third-order valence-electron chi connectivity index (χ3n) is 3.14. The number of ether oxygens (including phenoxy) is 2. The molecule has 1 aromatic carbocycles. The van der Waals surface area contributed by atoms with E-state index in [1.165, 1.54) is 49.4 Å². The fraction of sp³-hybridized carbons (Fsp3) is 0.235. The Hall–Kier alpha value is -2.92. The van der Waals surface area contributed by atoms with E-state index in [1.54, 1.807) is 11.4 Å². The second-order valence-electron chi connectivity index (χ2n) is 5.06. The van der Waals surface area contributed by atoms with Gasteiger partial charge in [-0.2, -0.15) is 5.26 Å². The van der Waals surface area contributed by atoms with Crippen molar-refractivity contribution in [2.24, 2.45) is 0 Å². The number of amides is 1. The molecule has 2 aromatic rings. The minimum Gasteiger partial charge on any atom is -0.479 e. The quantitative estimate of drug-likeness (QED) is 0.798. The summed E-state index contributed by atoms with van der Waals surface area (Å²) in [5, 5.41) is 13.5. The van der Waals surface area contributed by atoms with Crippen LogP contribution in [0.2, 0.25) is 0 Å². The molecule has 130 valence electrons. The second-order valence-corrected chi connectivity index (χ2v) is 5.97. The number of carbonyl (C=O) groups is 2. The van der Waals surface area contributed by atoms with Gasteiger partial charge in [0, 0.05) is 0 Å². The largest absolute Gasteiger partial charge is 0.479 e. The van der Waals surface area contributed by atoms with Crippen LogP contribution in [0.15, 0.2) is 35.7 Å². The van der Waals surface area contributed by atoms with Crippen molar-refractivity contribution in [3.63, 3.8) is 0 Å². The first-order valence-corrected chi connectivity index (χ1v) is 8.20. The van der Waals surface area contributed by atoms with E-state index < -0.39 is 29.9 Å². The first-order valence-electron chi connectivity index (χ1n) is 7.32. The molecule has 2 rings (SSSR count). The molecule has 0 aliphatic heterocycles. The third kappa shape index (κ3) is 5.02. The zero-order valence-electron chi connectivity index (χ0n) is 13.5. The average molecular weight is 362 g/mol. The minimum absolute atomic E-state index is 0.306. The van der Waals surface area contributed by atoms with Gasteiger partial charge in [-0.05, 0) is 49.6 Å². The lowest BCUT2D eigenvalue weighted by atomic mass is 10.3. The molecule has 6 nitrogen and oxygen atoms in total. The summed E-state index contributed by atoms with van der Waals surface area (Å²) in [6.45, 7) is 2.88. The normalized spacial score (nSPS) is 12.6. The number of halogens is 1. The molecular weight excluding hydrogens is 347 g/mol. The standard InChI is InChI=1S/C17H15FN2O4S/c1-10(15(21)20-16-12(9-19)7-8-25-16)24-17(22)11(2)23-14-5-3-13(18)4-6-14/h3-8,10-11H,1-2H3,(H,20,21)/t10-,11-/m0/s1.